The molecule has 0 atom stereocenters. The standard InChI is InChI=1S/C26H26N6O/c1-20-25-23(26(33)32(29-25)22-11-6-3-7-12-22)19-27-14-8-13-24(28-20)31-17-15-30(16-18-31)21-9-4-2-5-10-21/h2-14,19,29H,15-18H2,1H3. The van der Waals surface area contributed by atoms with Crippen LogP contribution in [0.2, 0.25) is 0 Å². The van der Waals surface area contributed by atoms with Crippen molar-refractivity contribution in [2.24, 2.45) is 0 Å². The molecule has 1 aliphatic heterocycles. The van der Waals surface area contributed by atoms with Gasteiger partial charge in [-0.05, 0) is 43.3 Å². The second kappa shape index (κ2) is 9.16. The molecule has 2 aromatic carbocycles. The SMILES string of the molecule is Cc1nc(N2CCN(c3ccccc3)CC2)cccncc2c(=O)n(-c3ccccc3)[nH]c12. The van der Waals surface area contributed by atoms with E-state index in [1.807, 2.05) is 55.5 Å². The first-order chi connectivity index (χ1) is 16.2. The number of hydrogen-bond donors (Lipinski definition) is 1. The summed E-state index contributed by atoms with van der Waals surface area (Å²) in [6.07, 6.45) is 3.29. The maximum absolute atomic E-state index is 13.1. The summed E-state index contributed by atoms with van der Waals surface area (Å²) in [6, 6.07) is 23.9. The van der Waals surface area contributed by atoms with Crippen LogP contribution in [0.25, 0.3) is 16.6 Å². The van der Waals surface area contributed by atoms with Crippen LogP contribution in [0.3, 0.4) is 0 Å². The second-order valence-corrected chi connectivity index (χ2v) is 8.03. The lowest BCUT2D eigenvalue weighted by Gasteiger charge is -2.36. The van der Waals surface area contributed by atoms with E-state index in [9.17, 15) is 4.79 Å². The quantitative estimate of drug-likeness (QED) is 0.526. The Morgan fingerprint density at radius 1 is 0.788 bits per heavy atom. The van der Waals surface area contributed by atoms with Gasteiger partial charge >= 0.3 is 0 Å². The fourth-order valence-electron chi connectivity index (χ4n) is 4.17. The lowest BCUT2D eigenvalue weighted by molar-refractivity contribution is 0.647. The average Bonchev–Trinajstić information content (AvgIpc) is 3.20. The third-order valence-electron chi connectivity index (χ3n) is 5.93. The number of fused-ring (bicyclic) bond motifs is 1. The summed E-state index contributed by atoms with van der Waals surface area (Å²) >= 11 is 0. The van der Waals surface area contributed by atoms with Gasteiger partial charge in [0.15, 0.2) is 0 Å². The molecule has 5 rings (SSSR count). The molecule has 0 saturated carbocycles. The first-order valence-corrected chi connectivity index (χ1v) is 11.1. The number of aryl methyl sites for hydroxylation is 1. The highest BCUT2D eigenvalue weighted by molar-refractivity contribution is 5.79. The predicted molar refractivity (Wildman–Crippen MR) is 133 cm³/mol. The zero-order chi connectivity index (χ0) is 22.6. The Morgan fingerprint density at radius 2 is 1.42 bits per heavy atom. The smallest absolute Gasteiger partial charge is 0.280 e. The highest BCUT2D eigenvalue weighted by Gasteiger charge is 2.18. The molecule has 0 radical (unpaired) electrons. The molecule has 0 bridgehead atoms. The Labute approximate surface area is 192 Å². The molecule has 1 saturated heterocycles. The Kier molecular flexibility index (Phi) is 5.76. The minimum Gasteiger partial charge on any atom is -0.368 e. The predicted octanol–water partition coefficient (Wildman–Crippen LogP) is 3.87. The van der Waals surface area contributed by atoms with Gasteiger partial charge in [0.25, 0.3) is 5.56 Å². The van der Waals surface area contributed by atoms with Crippen LogP contribution in [0, 0.1) is 6.92 Å². The van der Waals surface area contributed by atoms with E-state index in [0.717, 1.165) is 43.4 Å². The number of para-hydroxylation sites is 2. The number of anilines is 2. The number of nitrogens with zero attached hydrogens (tertiary/aromatic N) is 5. The van der Waals surface area contributed by atoms with Crippen LogP contribution in [-0.4, -0.2) is 45.9 Å². The highest BCUT2D eigenvalue weighted by atomic mass is 16.1. The molecule has 0 aliphatic carbocycles. The fourth-order valence-corrected chi connectivity index (χ4v) is 4.17. The molecule has 1 N–H and O–H groups in total. The van der Waals surface area contributed by atoms with E-state index in [0.29, 0.717) is 10.9 Å². The van der Waals surface area contributed by atoms with Crippen LogP contribution >= 0.6 is 0 Å². The van der Waals surface area contributed by atoms with Gasteiger partial charge in [0, 0.05) is 44.3 Å². The van der Waals surface area contributed by atoms with Crippen molar-refractivity contribution in [3.05, 3.63) is 101 Å². The highest BCUT2D eigenvalue weighted by Crippen LogP contribution is 2.19. The van der Waals surface area contributed by atoms with Crippen LogP contribution in [0.1, 0.15) is 5.69 Å². The molecular formula is C26H26N6O. The van der Waals surface area contributed by atoms with Gasteiger partial charge in [-0.2, -0.15) is 0 Å². The molecule has 0 amide bonds. The molecule has 0 spiro atoms. The van der Waals surface area contributed by atoms with Crippen molar-refractivity contribution >= 4 is 22.4 Å². The molecule has 33 heavy (non-hydrogen) atoms. The number of piperazine rings is 1. The van der Waals surface area contributed by atoms with Crippen molar-refractivity contribution in [3.63, 3.8) is 0 Å². The number of benzene rings is 2. The van der Waals surface area contributed by atoms with E-state index < -0.39 is 0 Å². The van der Waals surface area contributed by atoms with Crippen molar-refractivity contribution in [1.29, 1.82) is 0 Å². The zero-order valence-electron chi connectivity index (χ0n) is 18.6. The maximum atomic E-state index is 13.1. The Bertz CT molecular complexity index is 1350. The van der Waals surface area contributed by atoms with Gasteiger partial charge < -0.3 is 9.80 Å². The van der Waals surface area contributed by atoms with E-state index in [-0.39, 0.29) is 5.56 Å². The summed E-state index contributed by atoms with van der Waals surface area (Å²) in [4.78, 5) is 27.1. The molecule has 2 aromatic heterocycles. The van der Waals surface area contributed by atoms with Crippen molar-refractivity contribution in [1.82, 2.24) is 19.7 Å². The van der Waals surface area contributed by atoms with E-state index in [2.05, 4.69) is 44.1 Å². The van der Waals surface area contributed by atoms with Gasteiger partial charge in [-0.25, -0.2) is 9.67 Å². The van der Waals surface area contributed by atoms with E-state index in [1.54, 1.807) is 17.1 Å². The number of rotatable bonds is 3. The minimum absolute atomic E-state index is 0.148. The molecule has 0 unspecified atom stereocenters. The summed E-state index contributed by atoms with van der Waals surface area (Å²) in [5, 5.41) is 3.74. The largest absolute Gasteiger partial charge is 0.368 e. The number of aromatic nitrogens is 4. The van der Waals surface area contributed by atoms with Crippen molar-refractivity contribution in [3.8, 4) is 5.69 Å². The number of aromatic amines is 1. The topological polar surface area (TPSA) is 70.1 Å². The van der Waals surface area contributed by atoms with Crippen molar-refractivity contribution < 1.29 is 0 Å². The summed E-state index contributed by atoms with van der Waals surface area (Å²) in [7, 11) is 0. The average molecular weight is 439 g/mol. The molecule has 4 aromatic rings. The molecular weight excluding hydrogens is 412 g/mol. The summed E-state index contributed by atoms with van der Waals surface area (Å²) in [6.45, 7) is 5.50. The Morgan fingerprint density at radius 3 is 2.12 bits per heavy atom. The van der Waals surface area contributed by atoms with Gasteiger partial charge in [-0.1, -0.05) is 36.4 Å². The van der Waals surface area contributed by atoms with E-state index in [1.165, 1.54) is 5.69 Å². The van der Waals surface area contributed by atoms with E-state index in [4.69, 9.17) is 4.98 Å². The normalized spacial score (nSPS) is 13.7. The fraction of sp³-hybridized carbons (Fsp3) is 0.192. The van der Waals surface area contributed by atoms with Crippen LogP contribution in [0.5, 0.6) is 0 Å². The monoisotopic (exact) mass is 438 g/mol. The number of nitrogens with one attached hydrogen (secondary N) is 1. The molecule has 1 aliphatic rings. The van der Waals surface area contributed by atoms with E-state index >= 15 is 0 Å². The summed E-state index contributed by atoms with van der Waals surface area (Å²) in [5.74, 6) is 0.868. The Balaban J connectivity index is 1.52. The molecule has 7 nitrogen and oxygen atoms in total. The third kappa shape index (κ3) is 4.30. The molecule has 166 valence electrons. The van der Waals surface area contributed by atoms with Gasteiger partial charge in [0.05, 0.1) is 22.3 Å². The minimum atomic E-state index is -0.148. The lowest BCUT2D eigenvalue weighted by atomic mass is 10.2. The molecule has 7 heteroatoms. The van der Waals surface area contributed by atoms with Crippen LogP contribution in [0.4, 0.5) is 11.5 Å². The van der Waals surface area contributed by atoms with Gasteiger partial charge in [0.2, 0.25) is 0 Å². The first kappa shape index (κ1) is 20.8. The Hall–Kier alpha value is -4.13. The van der Waals surface area contributed by atoms with Crippen molar-refractivity contribution in [2.75, 3.05) is 36.0 Å². The zero-order valence-corrected chi connectivity index (χ0v) is 18.6. The second-order valence-electron chi connectivity index (χ2n) is 8.03. The van der Waals surface area contributed by atoms with Gasteiger partial charge in [-0.3, -0.25) is 14.9 Å². The van der Waals surface area contributed by atoms with Gasteiger partial charge in [0.1, 0.15) is 5.82 Å². The van der Waals surface area contributed by atoms with Crippen molar-refractivity contribution in [2.45, 2.75) is 6.92 Å². The summed E-state index contributed by atoms with van der Waals surface area (Å²) < 4.78 is 1.54. The maximum Gasteiger partial charge on any atom is 0.280 e. The number of H-pyrrole nitrogens is 1. The lowest BCUT2D eigenvalue weighted by Crippen LogP contribution is -2.46. The number of hydrogen-bond acceptors (Lipinski definition) is 5. The molecule has 3 heterocycles. The third-order valence-corrected chi connectivity index (χ3v) is 5.93. The van der Waals surface area contributed by atoms with Crippen LogP contribution in [-0.2, 0) is 0 Å². The van der Waals surface area contributed by atoms with Gasteiger partial charge in [-0.15, -0.1) is 0 Å². The summed E-state index contributed by atoms with van der Waals surface area (Å²) in [5.41, 5.74) is 3.29. The van der Waals surface area contributed by atoms with Crippen LogP contribution < -0.4 is 15.4 Å². The molecule has 1 fully saturated rings. The van der Waals surface area contributed by atoms with Crippen LogP contribution in [0.15, 0.2) is 90.0 Å². The first-order valence-electron chi connectivity index (χ1n) is 11.1.